The van der Waals surface area contributed by atoms with E-state index in [0.29, 0.717) is 30.1 Å². The number of sulfonamides is 1. The third kappa shape index (κ3) is 4.32. The Morgan fingerprint density at radius 1 is 1.24 bits per heavy atom. The van der Waals surface area contributed by atoms with Gasteiger partial charge in [-0.3, -0.25) is 0 Å². The summed E-state index contributed by atoms with van der Waals surface area (Å²) in [5, 5.41) is 3.39. The summed E-state index contributed by atoms with van der Waals surface area (Å²) in [6.45, 7) is 5.24. The van der Waals surface area contributed by atoms with Crippen LogP contribution in [-0.4, -0.2) is 30.4 Å². The van der Waals surface area contributed by atoms with Gasteiger partial charge in [0.25, 0.3) is 0 Å². The number of hydrogen-bond donors (Lipinski definition) is 1. The Hall–Kier alpha value is -1.63. The summed E-state index contributed by atoms with van der Waals surface area (Å²) in [5.41, 5.74) is 2.03. The molecule has 1 N–H and O–H groups in total. The minimum atomic E-state index is -3.50. The van der Waals surface area contributed by atoms with Gasteiger partial charge in [0, 0.05) is 44.1 Å². The second kappa shape index (κ2) is 7.32. The SMILES string of the molecule is CC(C)NCc1cc(S(=O)(=O)N(C)Cc2ccccc2)cn1C1CC1. The smallest absolute Gasteiger partial charge is 0.244 e. The zero-order valence-electron chi connectivity index (χ0n) is 15.1. The van der Waals surface area contributed by atoms with E-state index in [1.807, 2.05) is 42.6 Å². The Morgan fingerprint density at radius 3 is 2.52 bits per heavy atom. The minimum Gasteiger partial charge on any atom is -0.346 e. The summed E-state index contributed by atoms with van der Waals surface area (Å²) in [5.74, 6) is 0. The lowest BCUT2D eigenvalue weighted by Gasteiger charge is -2.16. The summed E-state index contributed by atoms with van der Waals surface area (Å²) in [7, 11) is -1.86. The van der Waals surface area contributed by atoms with Crippen LogP contribution in [0.2, 0.25) is 0 Å². The van der Waals surface area contributed by atoms with Gasteiger partial charge in [-0.25, -0.2) is 8.42 Å². The number of benzene rings is 1. The van der Waals surface area contributed by atoms with E-state index in [-0.39, 0.29) is 0 Å². The number of nitrogens with zero attached hydrogens (tertiary/aromatic N) is 2. The van der Waals surface area contributed by atoms with Crippen molar-refractivity contribution in [2.45, 2.75) is 56.8 Å². The largest absolute Gasteiger partial charge is 0.346 e. The van der Waals surface area contributed by atoms with Gasteiger partial charge in [0.15, 0.2) is 0 Å². The van der Waals surface area contributed by atoms with Crippen molar-refractivity contribution in [3.8, 4) is 0 Å². The highest BCUT2D eigenvalue weighted by atomic mass is 32.2. The Bertz CT molecular complexity index is 808. The standard InChI is InChI=1S/C19H27N3O2S/c1-15(2)20-12-18-11-19(14-22(18)17-9-10-17)25(23,24)21(3)13-16-7-5-4-6-8-16/h4-8,11,14-15,17,20H,9-10,12-13H2,1-3H3. The summed E-state index contributed by atoms with van der Waals surface area (Å²) in [6.07, 6.45) is 4.07. The van der Waals surface area contributed by atoms with E-state index in [9.17, 15) is 8.42 Å². The van der Waals surface area contributed by atoms with E-state index < -0.39 is 10.0 Å². The first-order valence-corrected chi connectivity index (χ1v) is 10.3. The first-order chi connectivity index (χ1) is 11.9. The molecule has 6 heteroatoms. The van der Waals surface area contributed by atoms with Gasteiger partial charge in [-0.15, -0.1) is 0 Å². The van der Waals surface area contributed by atoms with Crippen molar-refractivity contribution in [2.24, 2.45) is 0 Å². The molecule has 2 aromatic rings. The molecule has 5 nitrogen and oxygen atoms in total. The fourth-order valence-corrected chi connectivity index (χ4v) is 4.10. The van der Waals surface area contributed by atoms with Crippen molar-refractivity contribution in [3.05, 3.63) is 53.9 Å². The zero-order chi connectivity index (χ0) is 18.0. The van der Waals surface area contributed by atoms with Gasteiger partial charge in [0.05, 0.1) is 0 Å². The van der Waals surface area contributed by atoms with E-state index >= 15 is 0 Å². The van der Waals surface area contributed by atoms with Crippen molar-refractivity contribution >= 4 is 10.0 Å². The molecule has 0 saturated heterocycles. The summed E-state index contributed by atoms with van der Waals surface area (Å²) >= 11 is 0. The molecule has 1 saturated carbocycles. The maximum atomic E-state index is 13.0. The van der Waals surface area contributed by atoms with E-state index in [1.54, 1.807) is 7.05 Å². The van der Waals surface area contributed by atoms with E-state index in [1.165, 1.54) is 4.31 Å². The van der Waals surface area contributed by atoms with Crippen LogP contribution in [0.5, 0.6) is 0 Å². The number of nitrogens with one attached hydrogen (secondary N) is 1. The third-order valence-corrected chi connectivity index (χ3v) is 6.26. The Labute approximate surface area is 150 Å². The summed E-state index contributed by atoms with van der Waals surface area (Å²) in [6, 6.07) is 12.3. The number of hydrogen-bond acceptors (Lipinski definition) is 3. The first-order valence-electron chi connectivity index (χ1n) is 8.82. The first kappa shape index (κ1) is 18.2. The minimum absolute atomic E-state index is 0.364. The lowest BCUT2D eigenvalue weighted by molar-refractivity contribution is 0.466. The van der Waals surface area contributed by atoms with Crippen molar-refractivity contribution in [3.63, 3.8) is 0 Å². The van der Waals surface area contributed by atoms with Gasteiger partial charge < -0.3 is 9.88 Å². The molecule has 0 radical (unpaired) electrons. The van der Waals surface area contributed by atoms with Crippen molar-refractivity contribution < 1.29 is 8.42 Å². The molecule has 0 unspecified atom stereocenters. The highest BCUT2D eigenvalue weighted by molar-refractivity contribution is 7.89. The molecule has 1 fully saturated rings. The van der Waals surface area contributed by atoms with E-state index in [4.69, 9.17) is 0 Å². The van der Waals surface area contributed by atoms with Crippen molar-refractivity contribution in [1.29, 1.82) is 0 Å². The van der Waals surface area contributed by atoms with Crippen LogP contribution < -0.4 is 5.32 Å². The van der Waals surface area contributed by atoms with Gasteiger partial charge >= 0.3 is 0 Å². The van der Waals surface area contributed by atoms with Crippen LogP contribution in [0.1, 0.15) is 44.0 Å². The fraction of sp³-hybridized carbons (Fsp3) is 0.474. The molecular weight excluding hydrogens is 334 g/mol. The normalized spacial score (nSPS) is 15.2. The molecule has 25 heavy (non-hydrogen) atoms. The predicted octanol–water partition coefficient (Wildman–Crippen LogP) is 3.14. The lowest BCUT2D eigenvalue weighted by atomic mass is 10.2. The van der Waals surface area contributed by atoms with Crippen LogP contribution in [-0.2, 0) is 23.1 Å². The second-order valence-electron chi connectivity index (χ2n) is 7.09. The molecule has 0 atom stereocenters. The van der Waals surface area contributed by atoms with E-state index in [2.05, 4.69) is 23.7 Å². The van der Waals surface area contributed by atoms with Gasteiger partial charge in [-0.1, -0.05) is 44.2 Å². The summed E-state index contributed by atoms with van der Waals surface area (Å²) in [4.78, 5) is 0.387. The van der Waals surface area contributed by atoms with Gasteiger partial charge in [-0.2, -0.15) is 4.31 Å². The zero-order valence-corrected chi connectivity index (χ0v) is 16.0. The monoisotopic (exact) mass is 361 g/mol. The van der Waals surface area contributed by atoms with Crippen LogP contribution in [0, 0.1) is 0 Å². The van der Waals surface area contributed by atoms with E-state index in [0.717, 1.165) is 24.1 Å². The average Bonchev–Trinajstić information content (AvgIpc) is 3.32. The average molecular weight is 362 g/mol. The molecule has 0 amide bonds. The topological polar surface area (TPSA) is 54.3 Å². The maximum absolute atomic E-state index is 13.0. The van der Waals surface area contributed by atoms with Crippen LogP contribution in [0.25, 0.3) is 0 Å². The molecule has 1 aliphatic carbocycles. The summed E-state index contributed by atoms with van der Waals surface area (Å²) < 4.78 is 29.5. The highest BCUT2D eigenvalue weighted by Crippen LogP contribution is 2.37. The molecule has 0 spiro atoms. The van der Waals surface area contributed by atoms with Crippen LogP contribution in [0.4, 0.5) is 0 Å². The fourth-order valence-electron chi connectivity index (χ4n) is 2.89. The predicted molar refractivity (Wildman–Crippen MR) is 99.8 cm³/mol. The quantitative estimate of drug-likeness (QED) is 0.786. The molecule has 1 aliphatic rings. The Morgan fingerprint density at radius 2 is 1.92 bits per heavy atom. The third-order valence-electron chi connectivity index (χ3n) is 4.49. The van der Waals surface area contributed by atoms with Gasteiger partial charge in [0.1, 0.15) is 4.90 Å². The highest BCUT2D eigenvalue weighted by Gasteiger charge is 2.29. The molecule has 136 valence electrons. The second-order valence-corrected chi connectivity index (χ2v) is 9.13. The molecule has 0 aliphatic heterocycles. The van der Waals surface area contributed by atoms with Crippen molar-refractivity contribution in [2.75, 3.05) is 7.05 Å². The molecular formula is C19H27N3O2S. The lowest BCUT2D eigenvalue weighted by Crippen LogP contribution is -2.26. The molecule has 1 aromatic carbocycles. The number of rotatable bonds is 8. The van der Waals surface area contributed by atoms with Gasteiger partial charge in [0.2, 0.25) is 10.0 Å². The molecule has 0 bridgehead atoms. The maximum Gasteiger partial charge on any atom is 0.244 e. The van der Waals surface area contributed by atoms with Crippen molar-refractivity contribution in [1.82, 2.24) is 14.2 Å². The number of aromatic nitrogens is 1. The van der Waals surface area contributed by atoms with Crippen LogP contribution >= 0.6 is 0 Å². The van der Waals surface area contributed by atoms with Crippen LogP contribution in [0.15, 0.2) is 47.5 Å². The Kier molecular flexibility index (Phi) is 5.32. The Balaban J connectivity index is 1.82. The van der Waals surface area contributed by atoms with Gasteiger partial charge in [-0.05, 0) is 24.5 Å². The molecule has 1 aromatic heterocycles. The molecule has 3 rings (SSSR count). The van der Waals surface area contributed by atoms with Crippen LogP contribution in [0.3, 0.4) is 0 Å². The molecule has 1 heterocycles.